The molecule has 9 rings (SSSR count). The predicted molar refractivity (Wildman–Crippen MR) is 220 cm³/mol. The smallest absolute Gasteiger partial charge is 0.319 e. The van der Waals surface area contributed by atoms with Gasteiger partial charge < -0.3 is 25.0 Å². The van der Waals surface area contributed by atoms with E-state index in [9.17, 15) is 19.1 Å². The average molecular weight is 786 g/mol. The lowest BCUT2D eigenvalue weighted by atomic mass is 9.95. The van der Waals surface area contributed by atoms with E-state index in [1.165, 1.54) is 36.5 Å². The minimum atomic E-state index is -0.791. The molecule has 0 saturated carbocycles. The third-order valence-electron chi connectivity index (χ3n) is 12.0. The Labute approximate surface area is 335 Å². The van der Waals surface area contributed by atoms with Crippen LogP contribution in [0.1, 0.15) is 68.3 Å². The third-order valence-corrected chi connectivity index (χ3v) is 12.0. The number of benzene rings is 3. The van der Waals surface area contributed by atoms with Gasteiger partial charge in [-0.15, -0.1) is 6.42 Å². The van der Waals surface area contributed by atoms with Crippen LogP contribution < -0.4 is 15.0 Å². The first kappa shape index (κ1) is 38.7. The number of fused-ring (bicyclic) bond motifs is 5. The van der Waals surface area contributed by atoms with Crippen molar-refractivity contribution in [3.05, 3.63) is 90.1 Å². The number of carbonyl (C=O) groups is 2. The lowest BCUT2D eigenvalue weighted by Crippen LogP contribution is -2.56. The molecule has 4 aliphatic rings. The molecule has 2 amide bonds. The highest BCUT2D eigenvalue weighted by Crippen LogP contribution is 2.42. The Morgan fingerprint density at radius 3 is 2.43 bits per heavy atom. The van der Waals surface area contributed by atoms with E-state index in [2.05, 4.69) is 37.6 Å². The largest absolute Gasteiger partial charge is 0.508 e. The van der Waals surface area contributed by atoms with Crippen molar-refractivity contribution >= 4 is 45.0 Å². The summed E-state index contributed by atoms with van der Waals surface area (Å²) in [6.45, 7) is 10.7. The summed E-state index contributed by atoms with van der Waals surface area (Å²) in [4.78, 5) is 46.2. The van der Waals surface area contributed by atoms with Gasteiger partial charge in [0.2, 0.25) is 5.91 Å². The number of hydrogen-bond acceptors (Lipinski definition) is 9. The van der Waals surface area contributed by atoms with Crippen molar-refractivity contribution in [2.24, 2.45) is 0 Å². The average Bonchev–Trinajstić information content (AvgIpc) is 3.91. The maximum atomic E-state index is 17.1. The van der Waals surface area contributed by atoms with Crippen molar-refractivity contribution in [1.82, 2.24) is 24.8 Å². The molecule has 2 atom stereocenters. The van der Waals surface area contributed by atoms with Gasteiger partial charge in [0.15, 0.2) is 5.82 Å². The van der Waals surface area contributed by atoms with E-state index in [1.807, 2.05) is 18.7 Å². The molecule has 2 unspecified atom stereocenters. The van der Waals surface area contributed by atoms with Gasteiger partial charge in [-0.2, -0.15) is 9.97 Å². The van der Waals surface area contributed by atoms with Gasteiger partial charge >= 0.3 is 6.01 Å². The molecule has 2 aromatic heterocycles. The minimum absolute atomic E-state index is 0.0299. The molecule has 5 aromatic rings. The van der Waals surface area contributed by atoms with Crippen LogP contribution in [0.4, 0.5) is 20.3 Å². The van der Waals surface area contributed by atoms with E-state index >= 15 is 4.39 Å². The number of aromatic hydroxyl groups is 1. The summed E-state index contributed by atoms with van der Waals surface area (Å²) in [5, 5.41) is 14.4. The molecule has 0 radical (unpaired) electrons. The van der Waals surface area contributed by atoms with E-state index in [4.69, 9.17) is 16.1 Å². The lowest BCUT2D eigenvalue weighted by molar-refractivity contribution is -0.111. The number of terminal acetylenes is 1. The highest BCUT2D eigenvalue weighted by Gasteiger charge is 2.46. The van der Waals surface area contributed by atoms with Crippen LogP contribution in [0.5, 0.6) is 11.8 Å². The molecule has 11 nitrogen and oxygen atoms in total. The SMILES string of the molecule is C#Cc1c(F)ccc2cc(O)cc(-c3ncc4c(N5CC6CCC(C5)N6C(=O)c5ccc(NC(=O)C=C)cc5)nc(OCC56CCCN5CCC6)nc4c3F)c12.CC. The van der Waals surface area contributed by atoms with Crippen LogP contribution in [0.15, 0.2) is 67.4 Å². The zero-order valence-electron chi connectivity index (χ0n) is 32.6. The number of ether oxygens (including phenoxy) is 1. The minimum Gasteiger partial charge on any atom is -0.508 e. The van der Waals surface area contributed by atoms with Crippen molar-refractivity contribution in [2.45, 2.75) is 70.0 Å². The van der Waals surface area contributed by atoms with Crippen molar-refractivity contribution in [1.29, 1.82) is 0 Å². The molecule has 58 heavy (non-hydrogen) atoms. The second-order valence-electron chi connectivity index (χ2n) is 15.2. The number of carbonyl (C=O) groups excluding carboxylic acids is 2. The van der Waals surface area contributed by atoms with Crippen LogP contribution in [0.2, 0.25) is 0 Å². The van der Waals surface area contributed by atoms with Crippen LogP contribution in [-0.2, 0) is 4.79 Å². The first-order valence-corrected chi connectivity index (χ1v) is 19.9. The number of amides is 2. The van der Waals surface area contributed by atoms with E-state index in [0.717, 1.165) is 51.6 Å². The number of anilines is 2. The van der Waals surface area contributed by atoms with E-state index < -0.39 is 11.6 Å². The van der Waals surface area contributed by atoms with Gasteiger partial charge in [0.05, 0.1) is 28.6 Å². The van der Waals surface area contributed by atoms with Crippen molar-refractivity contribution in [2.75, 3.05) is 43.0 Å². The van der Waals surface area contributed by atoms with Crippen LogP contribution in [0, 0.1) is 24.0 Å². The third kappa shape index (κ3) is 6.75. The number of nitrogens with one attached hydrogen (secondary N) is 1. The number of aromatic nitrogens is 3. The number of phenols is 1. The summed E-state index contributed by atoms with van der Waals surface area (Å²) >= 11 is 0. The second-order valence-corrected chi connectivity index (χ2v) is 15.2. The number of halogens is 2. The molecule has 0 spiro atoms. The van der Waals surface area contributed by atoms with Gasteiger partial charge in [-0.25, -0.2) is 8.78 Å². The van der Waals surface area contributed by atoms with Gasteiger partial charge in [0, 0.05) is 41.5 Å². The molecular weight excluding hydrogens is 741 g/mol. The highest BCUT2D eigenvalue weighted by atomic mass is 19.1. The molecule has 4 aliphatic heterocycles. The molecule has 4 fully saturated rings. The molecule has 2 N–H and O–H groups in total. The zero-order valence-corrected chi connectivity index (χ0v) is 32.6. The fraction of sp³-hybridized carbons (Fsp3) is 0.356. The van der Waals surface area contributed by atoms with Gasteiger partial charge in [-0.05, 0) is 106 Å². The summed E-state index contributed by atoms with van der Waals surface area (Å²) in [5.74, 6) is 0.781. The summed E-state index contributed by atoms with van der Waals surface area (Å²) in [7, 11) is 0. The van der Waals surface area contributed by atoms with E-state index in [1.54, 1.807) is 24.3 Å². The number of nitrogens with zero attached hydrogens (tertiary/aromatic N) is 6. The molecule has 3 aromatic carbocycles. The summed E-state index contributed by atoms with van der Waals surface area (Å²) in [6, 6.07) is 12.0. The van der Waals surface area contributed by atoms with Crippen LogP contribution in [0.25, 0.3) is 32.9 Å². The zero-order chi connectivity index (χ0) is 40.7. The number of phenolic OH excluding ortho intramolecular Hbond substituents is 1. The Morgan fingerprint density at radius 2 is 1.76 bits per heavy atom. The fourth-order valence-corrected chi connectivity index (χ4v) is 9.37. The van der Waals surface area contributed by atoms with Crippen molar-refractivity contribution in [3.63, 3.8) is 0 Å². The summed E-state index contributed by atoms with van der Waals surface area (Å²) in [6.07, 6.45) is 14.1. The lowest BCUT2D eigenvalue weighted by Gasteiger charge is -2.42. The topological polar surface area (TPSA) is 124 Å². The number of hydrogen-bond donors (Lipinski definition) is 2. The van der Waals surface area contributed by atoms with Crippen LogP contribution >= 0.6 is 0 Å². The monoisotopic (exact) mass is 785 g/mol. The first-order chi connectivity index (χ1) is 28.2. The normalized spacial score (nSPS) is 19.4. The molecule has 0 aliphatic carbocycles. The van der Waals surface area contributed by atoms with Crippen molar-refractivity contribution in [3.8, 4) is 35.4 Å². The quantitative estimate of drug-likeness (QED) is 0.122. The molecular formula is C45H45F2N7O4. The number of piperazine rings is 1. The Kier molecular flexibility index (Phi) is 10.5. The van der Waals surface area contributed by atoms with E-state index in [0.29, 0.717) is 47.5 Å². The number of pyridine rings is 1. The Bertz CT molecular complexity index is 2460. The maximum absolute atomic E-state index is 17.1. The number of rotatable bonds is 8. The maximum Gasteiger partial charge on any atom is 0.319 e. The summed E-state index contributed by atoms with van der Waals surface area (Å²) < 4.78 is 38.5. The molecule has 298 valence electrons. The van der Waals surface area contributed by atoms with Gasteiger partial charge in [0.1, 0.15) is 35.2 Å². The second kappa shape index (κ2) is 15.7. The fourth-order valence-electron chi connectivity index (χ4n) is 9.37. The Hall–Kier alpha value is -6.13. The molecule has 6 heterocycles. The van der Waals surface area contributed by atoms with Crippen molar-refractivity contribution < 1.29 is 28.2 Å². The van der Waals surface area contributed by atoms with E-state index in [-0.39, 0.29) is 68.9 Å². The van der Waals surface area contributed by atoms with Gasteiger partial charge in [-0.1, -0.05) is 32.4 Å². The standard InChI is InChI=1S/C43H39F2N7O4.C2H6/c1-3-31-34(44)14-9-26-19-30(53)20-32(36(26)31)38-37(45)39-33(21-46-38)40(49-42(48-39)56-24-43-15-5-17-51(43)18-6-16-43)50-22-28-12-13-29(23-50)52(28)41(55)25-7-10-27(11-8-25)47-35(54)4-2;1-2/h1,4,7-11,14,19-21,28-29,53H,2,5-6,12-13,15-18,22-24H2,(H,47,54);1-2H3. The van der Waals surface area contributed by atoms with Gasteiger partial charge in [-0.3, -0.25) is 19.5 Å². The Morgan fingerprint density at radius 1 is 1.05 bits per heavy atom. The summed E-state index contributed by atoms with van der Waals surface area (Å²) in [5.41, 5.74) is 0.824. The molecule has 4 saturated heterocycles. The van der Waals surface area contributed by atoms with Crippen LogP contribution in [-0.4, -0.2) is 92.1 Å². The Balaban J connectivity index is 0.00000231. The van der Waals surface area contributed by atoms with Crippen LogP contribution in [0.3, 0.4) is 0 Å². The predicted octanol–water partition coefficient (Wildman–Crippen LogP) is 7.46. The highest BCUT2D eigenvalue weighted by molar-refractivity contribution is 6.03. The molecule has 2 bridgehead atoms. The molecule has 13 heteroatoms. The first-order valence-electron chi connectivity index (χ1n) is 19.9. The van der Waals surface area contributed by atoms with Gasteiger partial charge in [0.25, 0.3) is 5.91 Å².